The predicted octanol–water partition coefficient (Wildman–Crippen LogP) is 5.38. The number of ether oxygens (including phenoxy) is 1. The van der Waals surface area contributed by atoms with E-state index in [-0.39, 0.29) is 17.8 Å². The number of hydrogen-bond acceptors (Lipinski definition) is 6. The summed E-state index contributed by atoms with van der Waals surface area (Å²) in [5.41, 5.74) is 5.71. The first-order valence-corrected chi connectivity index (χ1v) is 13.4. The van der Waals surface area contributed by atoms with Crippen LogP contribution in [0.5, 0.6) is 0 Å². The minimum atomic E-state index is -1.09. The summed E-state index contributed by atoms with van der Waals surface area (Å²) in [4.78, 5) is 9.66. The van der Waals surface area contributed by atoms with E-state index in [1.165, 1.54) is 0 Å². The molecule has 1 atom stereocenters. The van der Waals surface area contributed by atoms with E-state index < -0.39 is 5.60 Å². The maximum Gasteiger partial charge on any atom is 0.133 e. The van der Waals surface area contributed by atoms with Crippen molar-refractivity contribution in [3.63, 3.8) is 0 Å². The molecule has 0 unspecified atom stereocenters. The van der Waals surface area contributed by atoms with Crippen LogP contribution in [0.4, 0.5) is 4.39 Å². The summed E-state index contributed by atoms with van der Waals surface area (Å²) in [5.74, 6) is -0.119. The summed E-state index contributed by atoms with van der Waals surface area (Å²) in [7, 11) is 1.77. The second-order valence-electron chi connectivity index (χ2n) is 11.2. The van der Waals surface area contributed by atoms with Crippen LogP contribution in [-0.2, 0) is 17.4 Å². The lowest BCUT2D eigenvalue weighted by Crippen LogP contribution is -2.27. The molecule has 202 valence electrons. The number of nitrogens with zero attached hydrogens (tertiary/aromatic N) is 6. The third-order valence-electron chi connectivity index (χ3n) is 7.91. The van der Waals surface area contributed by atoms with Gasteiger partial charge in [0.1, 0.15) is 5.82 Å². The van der Waals surface area contributed by atoms with Crippen LogP contribution in [0.1, 0.15) is 55.2 Å². The highest BCUT2D eigenvalue weighted by Crippen LogP contribution is 2.42. The van der Waals surface area contributed by atoms with Gasteiger partial charge in [0, 0.05) is 49.2 Å². The lowest BCUT2D eigenvalue weighted by Gasteiger charge is -2.32. The van der Waals surface area contributed by atoms with E-state index in [1.807, 2.05) is 32.2 Å². The molecule has 5 heterocycles. The van der Waals surface area contributed by atoms with Crippen molar-refractivity contribution in [1.82, 2.24) is 29.5 Å². The number of aromatic nitrogens is 6. The monoisotopic (exact) mass is 528 g/mol. The Hall–Kier alpha value is -3.69. The van der Waals surface area contributed by atoms with Gasteiger partial charge in [-0.3, -0.25) is 9.97 Å². The molecule has 1 fully saturated rings. The summed E-state index contributed by atoms with van der Waals surface area (Å²) in [6, 6.07) is 9.46. The normalized spacial score (nSPS) is 15.9. The van der Waals surface area contributed by atoms with Crippen molar-refractivity contribution < 1.29 is 14.2 Å². The van der Waals surface area contributed by atoms with Gasteiger partial charge in [0.2, 0.25) is 0 Å². The van der Waals surface area contributed by atoms with Crippen LogP contribution >= 0.6 is 0 Å². The predicted molar refractivity (Wildman–Crippen MR) is 148 cm³/mol. The quantitative estimate of drug-likeness (QED) is 0.329. The third kappa shape index (κ3) is 4.39. The molecule has 1 aliphatic heterocycles. The van der Waals surface area contributed by atoms with E-state index in [4.69, 9.17) is 14.7 Å². The van der Waals surface area contributed by atoms with E-state index in [0.29, 0.717) is 46.6 Å². The Balaban J connectivity index is 1.72. The molecule has 0 bridgehead atoms. The first kappa shape index (κ1) is 25.6. The van der Waals surface area contributed by atoms with Crippen LogP contribution in [0.3, 0.4) is 0 Å². The molecule has 0 radical (unpaired) electrons. The Morgan fingerprint density at radius 3 is 2.46 bits per heavy atom. The molecule has 1 N–H and O–H groups in total. The fourth-order valence-electron chi connectivity index (χ4n) is 5.84. The standard InChI is InChI=1S/C30H33FN6O2/c1-17-6-7-24(32-15-17)29(19-8-10-39-11-9-19)37-25-14-21(28-18(2)34-35-36(28)5)23(31)13-22(25)27-26(37)12-20(16-33-27)30(3,4)38/h6-7,12-16,19,29,38H,8-11H2,1-5H3/t29-/m1/s1. The lowest BCUT2D eigenvalue weighted by molar-refractivity contribution is 0.0547. The summed E-state index contributed by atoms with van der Waals surface area (Å²) in [6.07, 6.45) is 5.32. The number of rotatable bonds is 5. The first-order chi connectivity index (χ1) is 18.6. The minimum absolute atomic E-state index is 0.141. The summed E-state index contributed by atoms with van der Waals surface area (Å²) in [6.45, 7) is 8.71. The van der Waals surface area contributed by atoms with Gasteiger partial charge in [-0.25, -0.2) is 9.07 Å². The SMILES string of the molecule is Cc1ccc([C@@H](C2CCOCC2)n2c3cc(-c4c(C)nnn4C)c(F)cc3c3ncc(C(C)(C)O)cc32)nc1. The second-order valence-corrected chi connectivity index (χ2v) is 11.2. The average Bonchev–Trinajstić information content (AvgIpc) is 3.40. The van der Waals surface area contributed by atoms with Crippen LogP contribution in [0.25, 0.3) is 33.2 Å². The van der Waals surface area contributed by atoms with Crippen molar-refractivity contribution in [2.45, 2.75) is 52.2 Å². The van der Waals surface area contributed by atoms with Gasteiger partial charge in [-0.1, -0.05) is 11.3 Å². The molecule has 1 aromatic carbocycles. The van der Waals surface area contributed by atoms with Crippen LogP contribution in [-0.4, -0.2) is 47.8 Å². The second kappa shape index (κ2) is 9.50. The van der Waals surface area contributed by atoms with Crippen molar-refractivity contribution in [3.8, 4) is 11.3 Å². The first-order valence-electron chi connectivity index (χ1n) is 13.4. The van der Waals surface area contributed by atoms with Gasteiger partial charge in [-0.2, -0.15) is 0 Å². The van der Waals surface area contributed by atoms with Crippen molar-refractivity contribution in [1.29, 1.82) is 0 Å². The number of fused-ring (bicyclic) bond motifs is 3. The van der Waals surface area contributed by atoms with Gasteiger partial charge in [0.05, 0.1) is 45.3 Å². The zero-order valence-corrected chi connectivity index (χ0v) is 22.9. The molecule has 8 nitrogen and oxygen atoms in total. The molecule has 0 spiro atoms. The van der Waals surface area contributed by atoms with Crippen LogP contribution in [0.15, 0.2) is 42.7 Å². The topological polar surface area (TPSA) is 90.9 Å². The smallest absolute Gasteiger partial charge is 0.133 e. The molecule has 39 heavy (non-hydrogen) atoms. The molecule has 0 amide bonds. The fraction of sp³-hybridized carbons (Fsp3) is 0.400. The van der Waals surface area contributed by atoms with Gasteiger partial charge in [-0.15, -0.1) is 5.10 Å². The van der Waals surface area contributed by atoms with E-state index >= 15 is 4.39 Å². The Morgan fingerprint density at radius 2 is 1.82 bits per heavy atom. The maximum atomic E-state index is 15.8. The Morgan fingerprint density at radius 1 is 1.05 bits per heavy atom. The number of benzene rings is 1. The molecular weight excluding hydrogens is 495 g/mol. The molecule has 9 heteroatoms. The van der Waals surface area contributed by atoms with Gasteiger partial charge in [-0.05, 0) is 76.3 Å². The molecule has 1 saturated heterocycles. The maximum absolute atomic E-state index is 15.8. The van der Waals surface area contributed by atoms with E-state index in [1.54, 1.807) is 37.8 Å². The van der Waals surface area contributed by atoms with Crippen molar-refractivity contribution in [3.05, 3.63) is 71.1 Å². The summed E-state index contributed by atoms with van der Waals surface area (Å²) < 4.78 is 25.4. The highest BCUT2D eigenvalue weighted by Gasteiger charge is 2.32. The highest BCUT2D eigenvalue weighted by molar-refractivity contribution is 6.07. The summed E-state index contributed by atoms with van der Waals surface area (Å²) in [5, 5.41) is 19.9. The largest absolute Gasteiger partial charge is 0.386 e. The number of aryl methyl sites for hydroxylation is 3. The number of hydrogen-bond donors (Lipinski definition) is 1. The molecule has 6 rings (SSSR count). The van der Waals surface area contributed by atoms with Gasteiger partial charge >= 0.3 is 0 Å². The number of aliphatic hydroxyl groups is 1. The van der Waals surface area contributed by atoms with E-state index in [2.05, 4.69) is 27.0 Å². The molecule has 0 aliphatic carbocycles. The van der Waals surface area contributed by atoms with Crippen molar-refractivity contribution in [2.75, 3.05) is 13.2 Å². The Bertz CT molecular complexity index is 1660. The van der Waals surface area contributed by atoms with Gasteiger partial charge < -0.3 is 14.4 Å². The minimum Gasteiger partial charge on any atom is -0.386 e. The van der Waals surface area contributed by atoms with Crippen LogP contribution < -0.4 is 0 Å². The zero-order chi connectivity index (χ0) is 27.5. The van der Waals surface area contributed by atoms with Gasteiger partial charge in [0.25, 0.3) is 0 Å². The van der Waals surface area contributed by atoms with Crippen molar-refractivity contribution >= 4 is 21.9 Å². The van der Waals surface area contributed by atoms with E-state index in [0.717, 1.165) is 35.1 Å². The molecular formula is C30H33FN6O2. The molecule has 4 aromatic heterocycles. The van der Waals surface area contributed by atoms with E-state index in [9.17, 15) is 5.11 Å². The zero-order valence-electron chi connectivity index (χ0n) is 22.9. The summed E-state index contributed by atoms with van der Waals surface area (Å²) >= 11 is 0. The number of pyridine rings is 2. The third-order valence-corrected chi connectivity index (χ3v) is 7.91. The number of halogens is 1. The lowest BCUT2D eigenvalue weighted by atomic mass is 9.88. The average molecular weight is 529 g/mol. The molecule has 0 saturated carbocycles. The van der Waals surface area contributed by atoms with Crippen LogP contribution in [0, 0.1) is 25.6 Å². The Kier molecular flexibility index (Phi) is 6.23. The molecule has 1 aliphatic rings. The Labute approximate surface area is 226 Å². The van der Waals surface area contributed by atoms with Crippen LogP contribution in [0.2, 0.25) is 0 Å². The van der Waals surface area contributed by atoms with Gasteiger partial charge in [0.15, 0.2) is 0 Å². The molecule has 5 aromatic rings. The van der Waals surface area contributed by atoms with Crippen molar-refractivity contribution in [2.24, 2.45) is 13.0 Å². The fourth-order valence-corrected chi connectivity index (χ4v) is 5.84. The highest BCUT2D eigenvalue weighted by atomic mass is 19.1.